The molecule has 2 aromatic rings. The van der Waals surface area contributed by atoms with Crippen molar-refractivity contribution in [3.8, 4) is 0 Å². The van der Waals surface area contributed by atoms with E-state index in [1.807, 2.05) is 43.3 Å². The van der Waals surface area contributed by atoms with Gasteiger partial charge in [-0.25, -0.2) is 9.18 Å². The van der Waals surface area contributed by atoms with Crippen LogP contribution in [0.4, 0.5) is 4.39 Å². The minimum absolute atomic E-state index is 0.0510. The summed E-state index contributed by atoms with van der Waals surface area (Å²) in [5.74, 6) is -0.520. The largest absolute Gasteiger partial charge is 0.464 e. The molecule has 3 atom stereocenters. The fourth-order valence-electron chi connectivity index (χ4n) is 4.77. The Balaban J connectivity index is 1.46. The van der Waals surface area contributed by atoms with Gasteiger partial charge in [-0.1, -0.05) is 36.4 Å². The number of ether oxygens (including phenoxy) is 3. The fraction of sp³-hybridized carbons (Fsp3) is 0.552. The van der Waals surface area contributed by atoms with Crippen LogP contribution in [0.25, 0.3) is 0 Å². The molecule has 1 N–H and O–H groups in total. The first-order valence-corrected chi connectivity index (χ1v) is 13.0. The van der Waals surface area contributed by atoms with E-state index in [0.29, 0.717) is 37.8 Å². The minimum atomic E-state index is -0.608. The molecule has 0 aliphatic carbocycles. The number of likely N-dealkylation sites (tertiary alicyclic amines) is 1. The number of hydrogen-bond donors (Lipinski definition) is 1. The van der Waals surface area contributed by atoms with E-state index in [0.717, 1.165) is 42.5 Å². The molecule has 1 heterocycles. The van der Waals surface area contributed by atoms with Gasteiger partial charge in [-0.15, -0.1) is 0 Å². The quantitative estimate of drug-likeness (QED) is 0.306. The van der Waals surface area contributed by atoms with Crippen LogP contribution in [0, 0.1) is 12.7 Å². The number of β-amino-alcohol motifs (C(OH)–C–C–N with tert-alkyl or cyclic N) is 1. The molecule has 3 rings (SSSR count). The van der Waals surface area contributed by atoms with Crippen molar-refractivity contribution in [3.05, 3.63) is 70.5 Å². The van der Waals surface area contributed by atoms with Crippen LogP contribution in [0.5, 0.6) is 0 Å². The number of nitrogens with zero attached hydrogens (tertiary/aromatic N) is 1. The van der Waals surface area contributed by atoms with Gasteiger partial charge in [0.05, 0.1) is 32.0 Å². The summed E-state index contributed by atoms with van der Waals surface area (Å²) in [4.78, 5) is 13.7. The maximum Gasteiger partial charge on any atom is 0.332 e. The summed E-state index contributed by atoms with van der Waals surface area (Å²) in [6.45, 7) is 7.93. The van der Waals surface area contributed by atoms with Crippen LogP contribution < -0.4 is 0 Å². The van der Waals surface area contributed by atoms with Gasteiger partial charge in [0.25, 0.3) is 0 Å². The average Bonchev–Trinajstić information content (AvgIpc) is 3.29. The zero-order valence-corrected chi connectivity index (χ0v) is 21.7. The minimum Gasteiger partial charge on any atom is -0.464 e. The van der Waals surface area contributed by atoms with Crippen molar-refractivity contribution >= 4 is 5.97 Å². The van der Waals surface area contributed by atoms with E-state index >= 15 is 0 Å². The summed E-state index contributed by atoms with van der Waals surface area (Å²) < 4.78 is 30.3. The Bertz CT molecular complexity index is 968. The second-order valence-electron chi connectivity index (χ2n) is 9.51. The number of aliphatic hydroxyl groups excluding tert-OH is 1. The van der Waals surface area contributed by atoms with E-state index in [2.05, 4.69) is 4.90 Å². The number of carbonyl (C=O) groups excluding carboxylic acids is 1. The van der Waals surface area contributed by atoms with Crippen LogP contribution in [0.3, 0.4) is 0 Å². The summed E-state index contributed by atoms with van der Waals surface area (Å²) in [7, 11) is 0. The topological polar surface area (TPSA) is 68.2 Å². The molecule has 1 fully saturated rings. The van der Waals surface area contributed by atoms with Gasteiger partial charge in [0, 0.05) is 12.6 Å². The highest BCUT2D eigenvalue weighted by molar-refractivity contribution is 5.70. The predicted molar refractivity (Wildman–Crippen MR) is 137 cm³/mol. The number of carbonyl (C=O) groups is 1. The number of benzene rings is 2. The molecule has 0 aromatic heterocycles. The van der Waals surface area contributed by atoms with Gasteiger partial charge in [0.2, 0.25) is 0 Å². The lowest BCUT2D eigenvalue weighted by Crippen LogP contribution is -2.39. The number of halogens is 1. The fourth-order valence-corrected chi connectivity index (χ4v) is 4.77. The van der Waals surface area contributed by atoms with Crippen LogP contribution in [-0.4, -0.2) is 67.6 Å². The summed E-state index contributed by atoms with van der Waals surface area (Å²) in [6.07, 6.45) is 2.77. The summed E-state index contributed by atoms with van der Waals surface area (Å²) in [5, 5.41) is 10.7. The van der Waals surface area contributed by atoms with Crippen molar-refractivity contribution < 1.29 is 28.5 Å². The monoisotopic (exact) mass is 501 g/mol. The van der Waals surface area contributed by atoms with E-state index in [4.69, 9.17) is 14.2 Å². The van der Waals surface area contributed by atoms with Crippen LogP contribution in [0.15, 0.2) is 42.5 Å². The lowest BCUT2D eigenvalue weighted by Gasteiger charge is -2.27. The molecule has 0 amide bonds. The number of rotatable bonds is 14. The average molecular weight is 502 g/mol. The van der Waals surface area contributed by atoms with Gasteiger partial charge in [-0.2, -0.15) is 0 Å². The Morgan fingerprint density at radius 1 is 1.25 bits per heavy atom. The van der Waals surface area contributed by atoms with Gasteiger partial charge in [0.15, 0.2) is 0 Å². The molecule has 1 aliphatic rings. The van der Waals surface area contributed by atoms with Crippen molar-refractivity contribution in [2.75, 3.05) is 39.5 Å². The highest BCUT2D eigenvalue weighted by atomic mass is 19.1. The maximum absolute atomic E-state index is 14.0. The highest BCUT2D eigenvalue weighted by Crippen LogP contribution is 2.24. The van der Waals surface area contributed by atoms with Gasteiger partial charge in [-0.3, -0.25) is 4.90 Å². The second-order valence-corrected chi connectivity index (χ2v) is 9.51. The smallest absolute Gasteiger partial charge is 0.332 e. The molecule has 7 heteroatoms. The Morgan fingerprint density at radius 3 is 2.83 bits per heavy atom. The lowest BCUT2D eigenvalue weighted by molar-refractivity contribution is -0.148. The van der Waals surface area contributed by atoms with Crippen LogP contribution >= 0.6 is 0 Å². The highest BCUT2D eigenvalue weighted by Gasteiger charge is 2.27. The van der Waals surface area contributed by atoms with E-state index < -0.39 is 6.10 Å². The van der Waals surface area contributed by atoms with Crippen LogP contribution in [0.2, 0.25) is 0 Å². The maximum atomic E-state index is 14.0. The normalized spacial score (nSPS) is 17.8. The van der Waals surface area contributed by atoms with Crippen LogP contribution in [0.1, 0.15) is 55.0 Å². The molecule has 6 nitrogen and oxygen atoms in total. The summed E-state index contributed by atoms with van der Waals surface area (Å²) in [6, 6.07) is 13.8. The van der Waals surface area contributed by atoms with E-state index in [9.17, 15) is 14.3 Å². The third-order valence-electron chi connectivity index (χ3n) is 6.72. The molecular formula is C29H40FNO5. The lowest BCUT2D eigenvalue weighted by atomic mass is 10.0. The molecule has 1 aliphatic heterocycles. The third-order valence-corrected chi connectivity index (χ3v) is 6.72. The zero-order valence-electron chi connectivity index (χ0n) is 21.7. The van der Waals surface area contributed by atoms with Crippen LogP contribution in [-0.2, 0) is 31.8 Å². The summed E-state index contributed by atoms with van der Waals surface area (Å²) >= 11 is 0. The van der Waals surface area contributed by atoms with Gasteiger partial charge >= 0.3 is 5.97 Å². The number of aryl methyl sites for hydroxylation is 1. The molecular weight excluding hydrogens is 461 g/mol. The van der Waals surface area contributed by atoms with Crippen molar-refractivity contribution in [3.63, 3.8) is 0 Å². The van der Waals surface area contributed by atoms with Gasteiger partial charge in [-0.05, 0) is 81.3 Å². The molecule has 1 saturated heterocycles. The van der Waals surface area contributed by atoms with Crippen molar-refractivity contribution in [2.24, 2.45) is 0 Å². The number of esters is 1. The molecule has 0 bridgehead atoms. The van der Waals surface area contributed by atoms with Gasteiger partial charge in [0.1, 0.15) is 12.4 Å². The third kappa shape index (κ3) is 8.66. The molecule has 0 radical (unpaired) electrons. The molecule has 36 heavy (non-hydrogen) atoms. The van der Waals surface area contributed by atoms with Crippen molar-refractivity contribution in [1.82, 2.24) is 4.90 Å². The van der Waals surface area contributed by atoms with Crippen molar-refractivity contribution in [1.29, 1.82) is 0 Å². The molecule has 0 unspecified atom stereocenters. The Hall–Kier alpha value is -2.32. The predicted octanol–water partition coefficient (Wildman–Crippen LogP) is 4.40. The second kappa shape index (κ2) is 14.4. The first kappa shape index (κ1) is 28.3. The SMILES string of the molecule is CCOC(=O)COCCc1ccccc1[C@@H](C)OC[C@H](O)CN1CCC[C@H]1Cc1ccc(C)c(F)c1. The molecule has 0 saturated carbocycles. The first-order valence-electron chi connectivity index (χ1n) is 13.0. The van der Waals surface area contributed by atoms with E-state index in [1.54, 1.807) is 19.9 Å². The summed E-state index contributed by atoms with van der Waals surface area (Å²) in [5.41, 5.74) is 3.80. The first-order chi connectivity index (χ1) is 17.4. The standard InChI is InChI=1S/C29H40FNO5/c1-4-35-29(33)20-34-15-13-24-8-5-6-10-27(24)22(3)36-19-26(32)18-31-14-7-9-25(31)16-23-12-11-21(2)28(30)17-23/h5-6,8,10-12,17,22,25-26,32H,4,7,9,13-16,18-20H2,1-3H3/t22-,25+,26-/m1/s1. The number of hydrogen-bond acceptors (Lipinski definition) is 6. The van der Waals surface area contributed by atoms with E-state index in [1.165, 1.54) is 0 Å². The Kier molecular flexibility index (Phi) is 11.3. The number of aliphatic hydroxyl groups is 1. The van der Waals surface area contributed by atoms with Crippen molar-refractivity contribution in [2.45, 2.75) is 64.7 Å². The molecule has 198 valence electrons. The van der Waals surface area contributed by atoms with Gasteiger partial charge < -0.3 is 19.3 Å². The zero-order chi connectivity index (χ0) is 25.9. The Labute approximate surface area is 214 Å². The Morgan fingerprint density at radius 2 is 2.06 bits per heavy atom. The molecule has 0 spiro atoms. The van der Waals surface area contributed by atoms with E-state index in [-0.39, 0.29) is 31.1 Å². The molecule has 2 aromatic carbocycles.